The number of fused-ring (bicyclic) bond motifs is 5. The van der Waals surface area contributed by atoms with Crippen molar-refractivity contribution in [2.24, 2.45) is 17.8 Å². The van der Waals surface area contributed by atoms with E-state index in [0.717, 1.165) is 23.6 Å². The van der Waals surface area contributed by atoms with Crippen LogP contribution in [0.5, 0.6) is 0 Å². The molecule has 3 saturated heterocycles. The van der Waals surface area contributed by atoms with Gasteiger partial charge < -0.3 is 5.32 Å². The lowest BCUT2D eigenvalue weighted by Crippen LogP contribution is -2.51. The van der Waals surface area contributed by atoms with Gasteiger partial charge in [-0.25, -0.2) is 10.9 Å². The molecule has 5 fully saturated rings. The minimum Gasteiger partial charge on any atom is -0.310 e. The van der Waals surface area contributed by atoms with Crippen molar-refractivity contribution in [2.45, 2.75) is 86.2 Å². The largest absolute Gasteiger partial charge is 0.310 e. The van der Waals surface area contributed by atoms with Crippen LogP contribution in [-0.4, -0.2) is 45.8 Å². The molecule has 3 N–H and O–H groups in total. The fourth-order valence-electron chi connectivity index (χ4n) is 6.29. The molecule has 4 nitrogen and oxygen atoms in total. The first-order valence-corrected chi connectivity index (χ1v) is 11.4. The van der Waals surface area contributed by atoms with Crippen molar-refractivity contribution in [2.75, 3.05) is 6.54 Å². The molecule has 0 aromatic carbocycles. The average molecular weight is 371 g/mol. The van der Waals surface area contributed by atoms with E-state index in [2.05, 4.69) is 39.8 Å². The third kappa shape index (κ3) is 2.57. The Labute approximate surface area is 155 Å². The van der Waals surface area contributed by atoms with Crippen LogP contribution in [0.1, 0.15) is 51.9 Å². The van der Waals surface area contributed by atoms with Crippen LogP contribution in [0.25, 0.3) is 0 Å². The van der Waals surface area contributed by atoms with Crippen LogP contribution in [0.4, 0.5) is 0 Å². The first kappa shape index (κ1) is 16.6. The maximum atomic E-state index is 6.86. The van der Waals surface area contributed by atoms with Gasteiger partial charge in [-0.15, -0.1) is 23.4 Å². The predicted molar refractivity (Wildman–Crippen MR) is 101 cm³/mol. The van der Waals surface area contributed by atoms with Gasteiger partial charge in [0.05, 0.1) is 17.7 Å². The minimum atomic E-state index is 0.374. The molecular formula is C18H31ClN4S. The second-order valence-corrected chi connectivity index (χ2v) is 10.5. The van der Waals surface area contributed by atoms with E-state index in [1.54, 1.807) is 0 Å². The van der Waals surface area contributed by atoms with Gasteiger partial charge in [0.15, 0.2) is 0 Å². The van der Waals surface area contributed by atoms with Gasteiger partial charge in [-0.2, -0.15) is 0 Å². The van der Waals surface area contributed by atoms with Crippen LogP contribution in [0.3, 0.4) is 0 Å². The third-order valence-corrected chi connectivity index (χ3v) is 9.67. The first-order chi connectivity index (χ1) is 11.7. The Kier molecular flexibility index (Phi) is 4.56. The number of halogens is 1. The maximum absolute atomic E-state index is 6.86. The van der Waals surface area contributed by atoms with E-state index in [4.69, 9.17) is 11.6 Å². The van der Waals surface area contributed by atoms with Crippen LogP contribution in [0.2, 0.25) is 0 Å². The van der Waals surface area contributed by atoms with Crippen LogP contribution in [0.15, 0.2) is 0 Å². The quantitative estimate of drug-likeness (QED) is 0.619. The van der Waals surface area contributed by atoms with Crippen LogP contribution >= 0.6 is 23.4 Å². The van der Waals surface area contributed by atoms with Crippen LogP contribution in [-0.2, 0) is 0 Å². The van der Waals surface area contributed by atoms with Crippen molar-refractivity contribution in [1.29, 1.82) is 0 Å². The summed E-state index contributed by atoms with van der Waals surface area (Å²) in [4.78, 5) is 2.73. The van der Waals surface area contributed by atoms with Gasteiger partial charge in [0, 0.05) is 29.1 Å². The third-order valence-electron chi connectivity index (χ3n) is 7.36. The number of hydrogen-bond acceptors (Lipinski definition) is 5. The Morgan fingerprint density at radius 3 is 2.71 bits per heavy atom. The normalized spacial score (nSPS) is 55.0. The van der Waals surface area contributed by atoms with Gasteiger partial charge in [-0.3, -0.25) is 4.90 Å². The highest BCUT2D eigenvalue weighted by molar-refractivity contribution is 8.00. The first-order valence-electron chi connectivity index (χ1n) is 10.1. The minimum absolute atomic E-state index is 0.374. The van der Waals surface area contributed by atoms with E-state index < -0.39 is 0 Å². The lowest BCUT2D eigenvalue weighted by molar-refractivity contribution is 0.117. The Balaban J connectivity index is 1.48. The molecule has 2 saturated carbocycles. The van der Waals surface area contributed by atoms with E-state index in [1.165, 1.54) is 44.9 Å². The molecule has 5 aliphatic rings. The van der Waals surface area contributed by atoms with Crippen molar-refractivity contribution < 1.29 is 0 Å². The van der Waals surface area contributed by atoms with Gasteiger partial charge in [0.1, 0.15) is 0 Å². The zero-order valence-corrected chi connectivity index (χ0v) is 16.2. The number of hydrazine groups is 1. The molecule has 0 aromatic rings. The van der Waals surface area contributed by atoms with Crippen LogP contribution < -0.4 is 16.2 Å². The summed E-state index contributed by atoms with van der Waals surface area (Å²) in [6.07, 6.45) is 10.4. The number of rotatable bonds is 1. The van der Waals surface area contributed by atoms with Gasteiger partial charge in [0.25, 0.3) is 0 Å². The van der Waals surface area contributed by atoms with Crippen molar-refractivity contribution >= 4 is 23.4 Å². The van der Waals surface area contributed by atoms with E-state index >= 15 is 0 Å². The van der Waals surface area contributed by atoms with Crippen molar-refractivity contribution in [3.8, 4) is 0 Å². The molecule has 9 unspecified atom stereocenters. The molecule has 5 rings (SSSR count). The van der Waals surface area contributed by atoms with Crippen molar-refractivity contribution in [3.63, 3.8) is 0 Å². The molecule has 0 amide bonds. The summed E-state index contributed by atoms with van der Waals surface area (Å²) in [5.41, 5.74) is 7.00. The molecule has 136 valence electrons. The highest BCUT2D eigenvalue weighted by Crippen LogP contribution is 2.56. The summed E-state index contributed by atoms with van der Waals surface area (Å²) in [7, 11) is 0. The van der Waals surface area contributed by atoms with Gasteiger partial charge in [0.2, 0.25) is 0 Å². The van der Waals surface area contributed by atoms with Gasteiger partial charge in [-0.05, 0) is 44.4 Å². The summed E-state index contributed by atoms with van der Waals surface area (Å²) in [6, 6.07) is 0.609. The second kappa shape index (κ2) is 6.58. The zero-order valence-electron chi connectivity index (χ0n) is 14.6. The molecule has 0 aromatic heterocycles. The van der Waals surface area contributed by atoms with E-state index in [1.807, 2.05) is 0 Å². The van der Waals surface area contributed by atoms with Crippen molar-refractivity contribution in [1.82, 2.24) is 21.1 Å². The maximum Gasteiger partial charge on any atom is 0.0877 e. The number of hydrogen-bond donors (Lipinski definition) is 3. The fraction of sp³-hybridized carbons (Fsp3) is 1.00. The monoisotopic (exact) mass is 370 g/mol. The molecule has 24 heavy (non-hydrogen) atoms. The standard InChI is InChI=1S/C18H31ClN4S/c1-10-21-22-15-9-20-17(11-5-2-3-7-13(11)19)16-12-6-4-8-14(12)24-18(16)23(10)15/h10-18,20-22H,2-9H2,1H3. The molecule has 9 atom stereocenters. The zero-order chi connectivity index (χ0) is 16.3. The summed E-state index contributed by atoms with van der Waals surface area (Å²) in [6.45, 7) is 3.34. The topological polar surface area (TPSA) is 39.3 Å². The number of thioether (sulfide) groups is 1. The summed E-state index contributed by atoms with van der Waals surface area (Å²) in [5, 5.41) is 5.92. The highest BCUT2D eigenvalue weighted by atomic mass is 35.5. The molecule has 0 spiro atoms. The van der Waals surface area contributed by atoms with E-state index in [0.29, 0.717) is 35.0 Å². The van der Waals surface area contributed by atoms with Crippen LogP contribution in [0, 0.1) is 17.8 Å². The molecular weight excluding hydrogens is 340 g/mol. The van der Waals surface area contributed by atoms with Gasteiger partial charge >= 0.3 is 0 Å². The summed E-state index contributed by atoms with van der Waals surface area (Å²) in [5.74, 6) is 2.33. The highest BCUT2D eigenvalue weighted by Gasteiger charge is 2.57. The second-order valence-electron chi connectivity index (χ2n) is 8.56. The van der Waals surface area contributed by atoms with Crippen molar-refractivity contribution in [3.05, 3.63) is 0 Å². The molecule has 3 aliphatic heterocycles. The molecule has 3 heterocycles. The molecule has 0 bridgehead atoms. The molecule has 2 aliphatic carbocycles. The number of alkyl halides is 1. The Morgan fingerprint density at radius 1 is 1.00 bits per heavy atom. The Bertz CT molecular complexity index is 480. The van der Waals surface area contributed by atoms with Gasteiger partial charge in [-0.1, -0.05) is 19.3 Å². The molecule has 6 heteroatoms. The van der Waals surface area contributed by atoms with E-state index in [9.17, 15) is 0 Å². The Hall–Kier alpha value is 0.480. The average Bonchev–Trinajstić information content (AvgIpc) is 3.22. The number of nitrogens with one attached hydrogen (secondary N) is 3. The smallest absolute Gasteiger partial charge is 0.0877 e. The number of nitrogens with zero attached hydrogens (tertiary/aromatic N) is 1. The SMILES string of the molecule is CC1NNC2CNC(C3CCCCC3Cl)C3C4CCCC4SC3N12. The van der Waals surface area contributed by atoms with E-state index in [-0.39, 0.29) is 0 Å². The predicted octanol–water partition coefficient (Wildman–Crippen LogP) is 2.70. The summed E-state index contributed by atoms with van der Waals surface area (Å²) < 4.78 is 0. The lowest BCUT2D eigenvalue weighted by atomic mass is 9.73. The Morgan fingerprint density at radius 2 is 1.83 bits per heavy atom. The fourth-order valence-corrected chi connectivity index (χ4v) is 8.93. The summed E-state index contributed by atoms with van der Waals surface area (Å²) >= 11 is 9.15. The lowest BCUT2D eigenvalue weighted by Gasteiger charge is -2.41. The molecule has 0 radical (unpaired) electrons.